The van der Waals surface area contributed by atoms with Crippen molar-refractivity contribution in [2.75, 3.05) is 19.0 Å². The van der Waals surface area contributed by atoms with Crippen LogP contribution < -0.4 is 19.5 Å². The molecule has 4 aromatic rings. The van der Waals surface area contributed by atoms with E-state index < -0.39 is 6.10 Å². The van der Waals surface area contributed by atoms with E-state index in [9.17, 15) is 4.79 Å². The number of rotatable bonds is 4. The maximum absolute atomic E-state index is 12.6. The maximum Gasteiger partial charge on any atom is 0.271 e. The molecule has 9 heteroatoms. The third kappa shape index (κ3) is 3.25. The van der Waals surface area contributed by atoms with Crippen LogP contribution in [0.4, 0.5) is 5.95 Å². The first-order valence-electron chi connectivity index (χ1n) is 8.89. The van der Waals surface area contributed by atoms with Gasteiger partial charge < -0.3 is 14.2 Å². The van der Waals surface area contributed by atoms with E-state index in [1.807, 2.05) is 41.8 Å². The molecule has 0 saturated carbocycles. The predicted molar refractivity (Wildman–Crippen MR) is 108 cm³/mol. The van der Waals surface area contributed by atoms with Gasteiger partial charge in [-0.3, -0.25) is 10.1 Å². The van der Waals surface area contributed by atoms with Gasteiger partial charge in [-0.05, 0) is 36.4 Å². The first kappa shape index (κ1) is 17.5. The largest absolute Gasteiger partial charge is 0.497 e. The van der Waals surface area contributed by atoms with Crippen molar-refractivity contribution in [2.45, 2.75) is 6.10 Å². The number of hydrogen-bond acceptors (Lipinski definition) is 7. The van der Waals surface area contributed by atoms with Gasteiger partial charge >= 0.3 is 0 Å². The Morgan fingerprint density at radius 1 is 1.21 bits per heavy atom. The Morgan fingerprint density at radius 2 is 2.00 bits per heavy atom. The number of fused-ring (bicyclic) bond motifs is 2. The molecule has 2 aromatic carbocycles. The lowest BCUT2D eigenvalue weighted by molar-refractivity contribution is -0.125. The van der Waals surface area contributed by atoms with Crippen LogP contribution in [0, 0.1) is 0 Å². The van der Waals surface area contributed by atoms with E-state index in [0.717, 1.165) is 17.0 Å². The number of benzene rings is 2. The number of ether oxygens (including phenoxy) is 3. The molecule has 8 nitrogen and oxygen atoms in total. The van der Waals surface area contributed by atoms with Crippen molar-refractivity contribution < 1.29 is 19.0 Å². The number of aromatic nitrogens is 3. The highest BCUT2D eigenvalue weighted by Gasteiger charge is 2.28. The maximum atomic E-state index is 12.6. The number of carbonyl (C=O) groups is 1. The first-order chi connectivity index (χ1) is 14.2. The summed E-state index contributed by atoms with van der Waals surface area (Å²) < 4.78 is 18.2. The number of thiazole rings is 1. The molecule has 1 aliphatic heterocycles. The van der Waals surface area contributed by atoms with Crippen LogP contribution in [0.3, 0.4) is 0 Å². The second-order valence-corrected chi connectivity index (χ2v) is 7.17. The van der Waals surface area contributed by atoms with Gasteiger partial charge in [0.05, 0.1) is 12.8 Å². The van der Waals surface area contributed by atoms with Crippen LogP contribution in [0.5, 0.6) is 17.2 Å². The highest BCUT2D eigenvalue weighted by Crippen LogP contribution is 2.31. The van der Waals surface area contributed by atoms with Crippen molar-refractivity contribution in [3.8, 4) is 28.5 Å². The van der Waals surface area contributed by atoms with Crippen molar-refractivity contribution in [3.63, 3.8) is 0 Å². The molecule has 1 aliphatic rings. The smallest absolute Gasteiger partial charge is 0.271 e. The Balaban J connectivity index is 1.35. The minimum atomic E-state index is -0.771. The molecule has 0 spiro atoms. The fraction of sp³-hybridized carbons (Fsp3) is 0.150. The summed E-state index contributed by atoms with van der Waals surface area (Å²) in [4.78, 5) is 17.7. The van der Waals surface area contributed by atoms with Crippen molar-refractivity contribution in [3.05, 3.63) is 53.9 Å². The van der Waals surface area contributed by atoms with Crippen molar-refractivity contribution in [1.82, 2.24) is 14.6 Å². The predicted octanol–water partition coefficient (Wildman–Crippen LogP) is 3.24. The lowest BCUT2D eigenvalue weighted by atomic mass is 10.2. The molecule has 1 amide bonds. The highest BCUT2D eigenvalue weighted by atomic mass is 32.1. The van der Waals surface area contributed by atoms with Gasteiger partial charge in [0.2, 0.25) is 11.1 Å². The van der Waals surface area contributed by atoms with Gasteiger partial charge in [-0.25, -0.2) is 4.52 Å². The normalized spacial score (nSPS) is 15.3. The molecule has 0 bridgehead atoms. The number of amides is 1. The average molecular weight is 408 g/mol. The molecule has 1 unspecified atom stereocenters. The molecule has 0 saturated heterocycles. The van der Waals surface area contributed by atoms with Crippen molar-refractivity contribution in [2.24, 2.45) is 0 Å². The van der Waals surface area contributed by atoms with Gasteiger partial charge in [0.25, 0.3) is 11.9 Å². The van der Waals surface area contributed by atoms with Crippen LogP contribution in [0.1, 0.15) is 0 Å². The summed E-state index contributed by atoms with van der Waals surface area (Å²) in [5.74, 6) is 1.81. The number of nitrogens with zero attached hydrogens (tertiary/aromatic N) is 3. The number of methoxy groups -OCH3 is 1. The summed E-state index contributed by atoms with van der Waals surface area (Å²) in [5.41, 5.74) is 1.85. The molecule has 146 valence electrons. The Kier molecular flexibility index (Phi) is 4.28. The molecular weight excluding hydrogens is 392 g/mol. The average Bonchev–Trinajstić information content (AvgIpc) is 3.33. The van der Waals surface area contributed by atoms with E-state index in [0.29, 0.717) is 16.5 Å². The SMILES string of the molecule is COc1ccc(-c2csc3nc(NC(=O)C4COc5ccccc5O4)nn23)cc1. The Morgan fingerprint density at radius 3 is 2.79 bits per heavy atom. The zero-order valence-corrected chi connectivity index (χ0v) is 16.2. The van der Waals surface area contributed by atoms with Crippen LogP contribution in [0.25, 0.3) is 16.2 Å². The van der Waals surface area contributed by atoms with E-state index >= 15 is 0 Å². The highest BCUT2D eigenvalue weighted by molar-refractivity contribution is 7.15. The quantitative estimate of drug-likeness (QED) is 0.558. The van der Waals surface area contributed by atoms with Crippen LogP contribution in [0.15, 0.2) is 53.9 Å². The number of hydrogen-bond donors (Lipinski definition) is 1. The van der Waals surface area contributed by atoms with E-state index in [1.54, 1.807) is 23.8 Å². The van der Waals surface area contributed by atoms with E-state index in [1.165, 1.54) is 11.3 Å². The molecule has 5 rings (SSSR count). The van der Waals surface area contributed by atoms with Gasteiger partial charge in [0.1, 0.15) is 12.4 Å². The number of carbonyl (C=O) groups excluding carboxylic acids is 1. The zero-order valence-electron chi connectivity index (χ0n) is 15.4. The molecule has 29 heavy (non-hydrogen) atoms. The van der Waals surface area contributed by atoms with Crippen molar-refractivity contribution >= 4 is 28.2 Å². The van der Waals surface area contributed by atoms with Crippen LogP contribution >= 0.6 is 11.3 Å². The summed E-state index contributed by atoms with van der Waals surface area (Å²) in [5, 5.41) is 9.11. The Bertz CT molecular complexity index is 1180. The third-order valence-electron chi connectivity index (χ3n) is 4.50. The van der Waals surface area contributed by atoms with E-state index in [-0.39, 0.29) is 18.5 Å². The van der Waals surface area contributed by atoms with Gasteiger partial charge in [-0.1, -0.05) is 12.1 Å². The molecule has 3 heterocycles. The standard InChI is InChI=1S/C20H16N4O4S/c1-26-13-8-6-12(7-9-13)14-11-29-20-22-19(23-24(14)20)21-18(25)17-10-27-15-4-2-3-5-16(15)28-17/h2-9,11,17H,10H2,1H3,(H,21,23,25). The van der Waals surface area contributed by atoms with E-state index in [2.05, 4.69) is 15.4 Å². The summed E-state index contributed by atoms with van der Waals surface area (Å²) in [6, 6.07) is 14.9. The second kappa shape index (κ2) is 7.10. The summed E-state index contributed by atoms with van der Waals surface area (Å²) in [7, 11) is 1.63. The van der Waals surface area contributed by atoms with Gasteiger partial charge in [0.15, 0.2) is 11.5 Å². The molecular formula is C20H16N4O4S. The third-order valence-corrected chi connectivity index (χ3v) is 5.32. The fourth-order valence-corrected chi connectivity index (χ4v) is 3.87. The summed E-state index contributed by atoms with van der Waals surface area (Å²) in [6.45, 7) is 0.127. The molecule has 1 N–H and O–H groups in total. The van der Waals surface area contributed by atoms with E-state index in [4.69, 9.17) is 14.2 Å². The first-order valence-corrected chi connectivity index (χ1v) is 9.77. The van der Waals surface area contributed by atoms with Gasteiger partial charge in [0, 0.05) is 10.9 Å². The topological polar surface area (TPSA) is 87.0 Å². The lowest BCUT2D eigenvalue weighted by Crippen LogP contribution is -2.40. The van der Waals surface area contributed by atoms with Gasteiger partial charge in [-0.2, -0.15) is 4.98 Å². The lowest BCUT2D eigenvalue weighted by Gasteiger charge is -2.25. The monoisotopic (exact) mass is 408 g/mol. The molecule has 2 aromatic heterocycles. The molecule has 1 atom stereocenters. The minimum absolute atomic E-state index is 0.127. The van der Waals surface area contributed by atoms with Crippen LogP contribution in [-0.4, -0.2) is 40.3 Å². The van der Waals surface area contributed by atoms with Crippen LogP contribution in [0.2, 0.25) is 0 Å². The minimum Gasteiger partial charge on any atom is -0.497 e. The summed E-state index contributed by atoms with van der Waals surface area (Å²) >= 11 is 1.44. The number of anilines is 1. The molecule has 0 aliphatic carbocycles. The number of nitrogens with one attached hydrogen (secondary N) is 1. The number of para-hydroxylation sites is 2. The Labute approximate surface area is 169 Å². The van der Waals surface area contributed by atoms with Gasteiger partial charge in [-0.15, -0.1) is 16.4 Å². The van der Waals surface area contributed by atoms with Crippen LogP contribution in [-0.2, 0) is 4.79 Å². The zero-order chi connectivity index (χ0) is 19.8. The molecule has 0 fully saturated rings. The second-order valence-electron chi connectivity index (χ2n) is 6.33. The molecule has 0 radical (unpaired) electrons. The Hall–Kier alpha value is -3.59. The fourth-order valence-electron chi connectivity index (χ4n) is 3.03. The van der Waals surface area contributed by atoms with Crippen molar-refractivity contribution in [1.29, 1.82) is 0 Å². The summed E-state index contributed by atoms with van der Waals surface area (Å²) in [6.07, 6.45) is -0.771.